The third kappa shape index (κ3) is 4.33. The van der Waals surface area contributed by atoms with Gasteiger partial charge in [0.25, 0.3) is 5.91 Å². The minimum Gasteiger partial charge on any atom is -0.267 e. The van der Waals surface area contributed by atoms with Gasteiger partial charge >= 0.3 is 0 Å². The Balaban J connectivity index is 1.58. The van der Waals surface area contributed by atoms with E-state index in [4.69, 9.17) is 16.7 Å². The molecule has 3 aromatic rings. The maximum Gasteiger partial charge on any atom is 0.274 e. The fourth-order valence-electron chi connectivity index (χ4n) is 4.68. The summed E-state index contributed by atoms with van der Waals surface area (Å²) < 4.78 is 27.0. The van der Waals surface area contributed by atoms with E-state index in [0.717, 1.165) is 41.7 Å². The minimum absolute atomic E-state index is 0.0148. The molecule has 3 nitrogen and oxygen atoms in total. The maximum atomic E-state index is 13.6. The molecular weight excluding hydrogens is 442 g/mol. The van der Waals surface area contributed by atoms with Crippen molar-refractivity contribution < 1.29 is 13.6 Å². The molecule has 1 aliphatic heterocycles. The zero-order valence-corrected chi connectivity index (χ0v) is 18.5. The number of carbonyl (C=O) groups excluding carboxylic acids is 1. The number of nitrogens with zero attached hydrogens (tertiary/aromatic N) is 2. The lowest BCUT2D eigenvalue weighted by atomic mass is 9.77. The number of rotatable bonds is 3. The number of benzene rings is 3. The largest absolute Gasteiger partial charge is 0.274 e. The monoisotopic (exact) mass is 462 g/mol. The number of carbonyl (C=O) groups is 1. The van der Waals surface area contributed by atoms with Crippen LogP contribution in [0.3, 0.4) is 0 Å². The molecule has 0 unspecified atom stereocenters. The molecule has 1 aliphatic carbocycles. The Morgan fingerprint density at radius 2 is 1.70 bits per heavy atom. The van der Waals surface area contributed by atoms with E-state index in [-0.39, 0.29) is 29.5 Å². The number of hydrogen-bond donors (Lipinski definition) is 0. The van der Waals surface area contributed by atoms with Crippen LogP contribution in [0.2, 0.25) is 5.02 Å². The van der Waals surface area contributed by atoms with Gasteiger partial charge in [-0.2, -0.15) is 5.10 Å². The van der Waals surface area contributed by atoms with E-state index in [1.165, 1.54) is 29.3 Å². The van der Waals surface area contributed by atoms with Crippen LogP contribution in [-0.4, -0.2) is 16.6 Å². The fourth-order valence-corrected chi connectivity index (χ4v) is 4.87. The SMILES string of the molecule is O=C(c1cccc(Cl)c1)N1N=C2/C(=C/c3ccc(F)cc3)CCC[C@H]2[C@@H]1c1ccc(F)cc1. The van der Waals surface area contributed by atoms with Crippen LogP contribution in [0.15, 0.2) is 83.5 Å². The van der Waals surface area contributed by atoms with Crippen molar-refractivity contribution in [2.45, 2.75) is 25.3 Å². The van der Waals surface area contributed by atoms with Gasteiger partial charge in [-0.25, -0.2) is 13.8 Å². The zero-order chi connectivity index (χ0) is 22.9. The normalized spacial score (nSPS) is 21.1. The van der Waals surface area contributed by atoms with Crippen molar-refractivity contribution in [3.8, 4) is 0 Å². The van der Waals surface area contributed by atoms with E-state index in [0.29, 0.717) is 10.6 Å². The first kappa shape index (κ1) is 21.5. The van der Waals surface area contributed by atoms with Crippen LogP contribution in [0.4, 0.5) is 8.78 Å². The fraction of sp³-hybridized carbons (Fsp3) is 0.185. The van der Waals surface area contributed by atoms with Crippen molar-refractivity contribution in [3.63, 3.8) is 0 Å². The van der Waals surface area contributed by atoms with Gasteiger partial charge in [0.1, 0.15) is 11.6 Å². The molecule has 6 heteroatoms. The molecule has 2 aliphatic rings. The molecule has 0 radical (unpaired) electrons. The Morgan fingerprint density at radius 1 is 1.00 bits per heavy atom. The predicted octanol–water partition coefficient (Wildman–Crippen LogP) is 7.06. The van der Waals surface area contributed by atoms with E-state index < -0.39 is 0 Å². The van der Waals surface area contributed by atoms with E-state index >= 15 is 0 Å². The Hall–Kier alpha value is -3.31. The standard InChI is InChI=1S/C27H21ClF2N2O/c28-21-5-1-4-20(16-21)27(33)32-26(18-9-13-23(30)14-10-18)24-6-2-3-19(25(24)31-32)15-17-7-11-22(29)12-8-17/h1,4-5,7-16,24,26H,2-3,6H2/b19-15+/t24-,26+/m1/s1. The Kier molecular flexibility index (Phi) is 5.81. The molecule has 3 aromatic carbocycles. The Bertz CT molecular complexity index is 1250. The molecule has 0 spiro atoms. The molecule has 0 saturated heterocycles. The molecular formula is C27H21ClF2N2O. The highest BCUT2D eigenvalue weighted by atomic mass is 35.5. The number of hydrogen-bond acceptors (Lipinski definition) is 2. The second-order valence-corrected chi connectivity index (χ2v) is 8.80. The number of amides is 1. The van der Waals surface area contributed by atoms with Crippen LogP contribution >= 0.6 is 11.6 Å². The van der Waals surface area contributed by atoms with E-state index in [2.05, 4.69) is 0 Å². The summed E-state index contributed by atoms with van der Waals surface area (Å²) in [7, 11) is 0. The van der Waals surface area contributed by atoms with Crippen LogP contribution in [-0.2, 0) is 0 Å². The van der Waals surface area contributed by atoms with E-state index in [1.54, 1.807) is 48.5 Å². The van der Waals surface area contributed by atoms with E-state index in [9.17, 15) is 13.6 Å². The topological polar surface area (TPSA) is 32.7 Å². The average Bonchev–Trinajstić information content (AvgIpc) is 3.21. The van der Waals surface area contributed by atoms with Crippen LogP contribution in [0.5, 0.6) is 0 Å². The molecule has 0 bridgehead atoms. The van der Waals surface area contributed by atoms with Gasteiger partial charge in [-0.05, 0) is 84.5 Å². The molecule has 5 rings (SSSR count). The summed E-state index contributed by atoms with van der Waals surface area (Å²) in [6, 6.07) is 19.0. The van der Waals surface area contributed by atoms with Gasteiger partial charge in [0.2, 0.25) is 0 Å². The Labute approximate surface area is 196 Å². The summed E-state index contributed by atoms with van der Waals surface area (Å²) >= 11 is 6.13. The first-order valence-corrected chi connectivity index (χ1v) is 11.3. The lowest BCUT2D eigenvalue weighted by Crippen LogP contribution is -2.31. The summed E-state index contributed by atoms with van der Waals surface area (Å²) in [5, 5.41) is 6.80. The van der Waals surface area contributed by atoms with Crippen LogP contribution in [0.1, 0.15) is 46.8 Å². The summed E-state index contributed by atoms with van der Waals surface area (Å²) in [5.41, 5.74) is 4.05. The molecule has 1 fully saturated rings. The third-order valence-electron chi connectivity index (χ3n) is 6.20. The van der Waals surface area contributed by atoms with Crippen molar-refractivity contribution in [2.75, 3.05) is 0 Å². The van der Waals surface area contributed by atoms with Crippen molar-refractivity contribution in [1.29, 1.82) is 0 Å². The van der Waals surface area contributed by atoms with Gasteiger partial charge in [0, 0.05) is 16.5 Å². The van der Waals surface area contributed by atoms with Gasteiger partial charge in [0.15, 0.2) is 0 Å². The molecule has 1 amide bonds. The number of allylic oxidation sites excluding steroid dienone is 1. The minimum atomic E-state index is -0.344. The second-order valence-electron chi connectivity index (χ2n) is 8.36. The maximum absolute atomic E-state index is 13.6. The van der Waals surface area contributed by atoms with Gasteiger partial charge < -0.3 is 0 Å². The molecule has 0 aromatic heterocycles. The van der Waals surface area contributed by atoms with Gasteiger partial charge in [-0.3, -0.25) is 4.79 Å². The van der Waals surface area contributed by atoms with Crippen molar-refractivity contribution in [1.82, 2.24) is 5.01 Å². The summed E-state index contributed by atoms with van der Waals surface area (Å²) in [4.78, 5) is 13.5. The van der Waals surface area contributed by atoms with Crippen LogP contribution in [0.25, 0.3) is 6.08 Å². The number of halogens is 3. The number of fused-ring (bicyclic) bond motifs is 1. The van der Waals surface area contributed by atoms with Crippen molar-refractivity contribution in [3.05, 3.63) is 112 Å². The molecule has 1 saturated carbocycles. The highest BCUT2D eigenvalue weighted by Gasteiger charge is 2.44. The lowest BCUT2D eigenvalue weighted by Gasteiger charge is -2.29. The molecule has 1 heterocycles. The predicted molar refractivity (Wildman–Crippen MR) is 126 cm³/mol. The number of hydrazone groups is 1. The van der Waals surface area contributed by atoms with Gasteiger partial charge in [-0.15, -0.1) is 0 Å². The first-order chi connectivity index (χ1) is 16.0. The molecule has 0 N–H and O–H groups in total. The highest BCUT2D eigenvalue weighted by molar-refractivity contribution is 6.31. The van der Waals surface area contributed by atoms with Crippen LogP contribution in [0, 0.1) is 17.6 Å². The summed E-state index contributed by atoms with van der Waals surface area (Å²) in [6.45, 7) is 0. The van der Waals surface area contributed by atoms with Crippen LogP contribution < -0.4 is 0 Å². The second kappa shape index (κ2) is 8.91. The zero-order valence-electron chi connectivity index (χ0n) is 17.7. The summed E-state index contributed by atoms with van der Waals surface area (Å²) in [5.74, 6) is -0.883. The quantitative estimate of drug-likeness (QED) is 0.410. The Morgan fingerprint density at radius 3 is 2.39 bits per heavy atom. The average molecular weight is 463 g/mol. The summed E-state index contributed by atoms with van der Waals surface area (Å²) in [6.07, 6.45) is 4.64. The highest BCUT2D eigenvalue weighted by Crippen LogP contribution is 2.45. The van der Waals surface area contributed by atoms with E-state index in [1.807, 2.05) is 6.08 Å². The molecule has 166 valence electrons. The first-order valence-electron chi connectivity index (χ1n) is 10.9. The van der Waals surface area contributed by atoms with Gasteiger partial charge in [-0.1, -0.05) is 41.9 Å². The smallest absolute Gasteiger partial charge is 0.267 e. The molecule has 2 atom stereocenters. The molecule has 33 heavy (non-hydrogen) atoms. The van der Waals surface area contributed by atoms with Crippen molar-refractivity contribution >= 4 is 29.3 Å². The lowest BCUT2D eigenvalue weighted by molar-refractivity contribution is 0.0681. The third-order valence-corrected chi connectivity index (χ3v) is 6.44. The van der Waals surface area contributed by atoms with Crippen molar-refractivity contribution in [2.24, 2.45) is 11.0 Å². The van der Waals surface area contributed by atoms with Gasteiger partial charge in [0.05, 0.1) is 11.8 Å².